The zero-order valence-electron chi connectivity index (χ0n) is 11.9. The summed E-state index contributed by atoms with van der Waals surface area (Å²) >= 11 is 5.72. The summed E-state index contributed by atoms with van der Waals surface area (Å²) < 4.78 is 35.9. The Labute approximate surface area is 131 Å². The van der Waals surface area contributed by atoms with Crippen molar-refractivity contribution in [2.24, 2.45) is 0 Å². The van der Waals surface area contributed by atoms with Gasteiger partial charge in [0.25, 0.3) is 0 Å². The Morgan fingerprint density at radius 3 is 2.05 bits per heavy atom. The first-order valence-electron chi connectivity index (χ1n) is 6.94. The lowest BCUT2D eigenvalue weighted by Crippen LogP contribution is -2.22. The van der Waals surface area contributed by atoms with Gasteiger partial charge in [0.2, 0.25) is 11.7 Å². The van der Waals surface area contributed by atoms with Crippen molar-refractivity contribution in [3.8, 4) is 0 Å². The molecule has 1 aromatic carbocycles. The number of carbonyl (C=O) groups is 2. The molecule has 0 spiro atoms. The molecule has 1 aromatic rings. The lowest BCUT2D eigenvalue weighted by molar-refractivity contribution is -0.171. The van der Waals surface area contributed by atoms with E-state index in [-0.39, 0.29) is 18.7 Å². The summed E-state index contributed by atoms with van der Waals surface area (Å²) in [6.07, 6.45) is -3.07. The average Bonchev–Trinajstić information content (AvgIpc) is 2.44. The maximum atomic E-state index is 12.0. The largest absolute Gasteiger partial charge is 0.449 e. The summed E-state index contributed by atoms with van der Waals surface area (Å²) in [5.41, 5.74) is 0.644. The van der Waals surface area contributed by atoms with Gasteiger partial charge in [-0.1, -0.05) is 24.4 Å². The van der Waals surface area contributed by atoms with E-state index in [1.165, 1.54) is 0 Å². The lowest BCUT2D eigenvalue weighted by Gasteiger charge is -2.06. The molecule has 1 amide bonds. The highest BCUT2D eigenvalue weighted by molar-refractivity contribution is 6.30. The summed E-state index contributed by atoms with van der Waals surface area (Å²) in [6, 6.07) is 6.69. The molecular formula is C15H17ClF3NO2. The predicted octanol–water partition coefficient (Wildman–Crippen LogP) is 4.75. The number of Topliss-reactive ketones (excluding diaryl/α,β-unsaturated/α-hetero) is 1. The van der Waals surface area contributed by atoms with Crippen molar-refractivity contribution < 1.29 is 22.8 Å². The topological polar surface area (TPSA) is 46.2 Å². The SMILES string of the molecule is O=C(CCCCCCC(=O)C(F)(F)F)Nc1ccc(Cl)cc1. The van der Waals surface area contributed by atoms with E-state index in [2.05, 4.69) is 5.32 Å². The second-order valence-corrected chi connectivity index (χ2v) is 5.33. The average molecular weight is 336 g/mol. The van der Waals surface area contributed by atoms with Crippen molar-refractivity contribution in [1.29, 1.82) is 0 Å². The van der Waals surface area contributed by atoms with E-state index in [4.69, 9.17) is 11.6 Å². The van der Waals surface area contributed by atoms with Gasteiger partial charge in [0.15, 0.2) is 0 Å². The van der Waals surface area contributed by atoms with Gasteiger partial charge in [0.05, 0.1) is 0 Å². The number of anilines is 1. The fourth-order valence-corrected chi connectivity index (χ4v) is 1.95. The molecule has 3 nitrogen and oxygen atoms in total. The van der Waals surface area contributed by atoms with Crippen LogP contribution in [0.3, 0.4) is 0 Å². The molecule has 0 aromatic heterocycles. The first-order valence-corrected chi connectivity index (χ1v) is 7.32. The standard InChI is InChI=1S/C15H17ClF3NO2/c16-11-7-9-12(10-8-11)20-14(22)6-4-2-1-3-5-13(21)15(17,18)19/h7-10H,1-6H2,(H,20,22). The number of halogens is 4. The summed E-state index contributed by atoms with van der Waals surface area (Å²) in [5, 5.41) is 3.27. The van der Waals surface area contributed by atoms with Crippen LogP contribution in [-0.4, -0.2) is 17.9 Å². The normalized spacial score (nSPS) is 11.3. The van der Waals surface area contributed by atoms with Crippen LogP contribution in [0.1, 0.15) is 38.5 Å². The van der Waals surface area contributed by atoms with Gasteiger partial charge in [-0.2, -0.15) is 13.2 Å². The van der Waals surface area contributed by atoms with E-state index in [1.807, 2.05) is 0 Å². The Morgan fingerprint density at radius 1 is 0.955 bits per heavy atom. The number of unbranched alkanes of at least 4 members (excludes halogenated alkanes) is 3. The summed E-state index contributed by atoms with van der Waals surface area (Å²) in [4.78, 5) is 22.3. The molecule has 0 radical (unpaired) electrons. The number of hydrogen-bond acceptors (Lipinski definition) is 2. The Hall–Kier alpha value is -1.56. The molecule has 0 fully saturated rings. The van der Waals surface area contributed by atoms with Gasteiger partial charge < -0.3 is 5.32 Å². The van der Waals surface area contributed by atoms with Gasteiger partial charge in [0.1, 0.15) is 0 Å². The number of alkyl halides is 3. The number of nitrogens with one attached hydrogen (secondary N) is 1. The second-order valence-electron chi connectivity index (χ2n) is 4.89. The molecule has 0 atom stereocenters. The number of amides is 1. The molecule has 0 bridgehead atoms. The van der Waals surface area contributed by atoms with E-state index >= 15 is 0 Å². The third-order valence-corrected chi connectivity index (χ3v) is 3.25. The van der Waals surface area contributed by atoms with Gasteiger partial charge in [-0.3, -0.25) is 9.59 Å². The summed E-state index contributed by atoms with van der Waals surface area (Å²) in [5.74, 6) is -1.85. The zero-order valence-corrected chi connectivity index (χ0v) is 12.6. The number of rotatable bonds is 8. The number of hydrogen-bond donors (Lipinski definition) is 1. The minimum atomic E-state index is -4.74. The monoisotopic (exact) mass is 335 g/mol. The summed E-state index contributed by atoms with van der Waals surface area (Å²) in [7, 11) is 0. The van der Waals surface area contributed by atoms with Gasteiger partial charge >= 0.3 is 6.18 Å². The quantitative estimate of drug-likeness (QED) is 0.697. The molecular weight excluding hydrogens is 319 g/mol. The maximum Gasteiger partial charge on any atom is 0.449 e. The molecule has 0 aliphatic rings. The molecule has 0 unspecified atom stereocenters. The van der Waals surface area contributed by atoms with Gasteiger partial charge in [-0.15, -0.1) is 0 Å². The minimum Gasteiger partial charge on any atom is -0.326 e. The molecule has 0 aliphatic heterocycles. The molecule has 1 N–H and O–H groups in total. The number of carbonyl (C=O) groups excluding carboxylic acids is 2. The van der Waals surface area contributed by atoms with Crippen LogP contribution in [0.15, 0.2) is 24.3 Å². The van der Waals surface area contributed by atoms with E-state index in [0.29, 0.717) is 30.0 Å². The predicted molar refractivity (Wildman–Crippen MR) is 78.8 cm³/mol. The maximum absolute atomic E-state index is 12.0. The molecule has 122 valence electrons. The minimum absolute atomic E-state index is 0.159. The molecule has 22 heavy (non-hydrogen) atoms. The van der Waals surface area contributed by atoms with Crippen LogP contribution in [0.2, 0.25) is 5.02 Å². The van der Waals surface area contributed by atoms with Crippen LogP contribution in [0.5, 0.6) is 0 Å². The number of ketones is 1. The van der Waals surface area contributed by atoms with E-state index < -0.39 is 18.4 Å². The van der Waals surface area contributed by atoms with Crippen LogP contribution in [-0.2, 0) is 9.59 Å². The lowest BCUT2D eigenvalue weighted by atomic mass is 10.1. The number of benzene rings is 1. The highest BCUT2D eigenvalue weighted by Crippen LogP contribution is 2.20. The molecule has 1 rings (SSSR count). The third kappa shape index (κ3) is 7.45. The zero-order chi connectivity index (χ0) is 16.6. The van der Waals surface area contributed by atoms with Crippen molar-refractivity contribution in [3.05, 3.63) is 29.3 Å². The Morgan fingerprint density at radius 2 is 1.50 bits per heavy atom. The first-order chi connectivity index (χ1) is 10.3. The van der Waals surface area contributed by atoms with Crippen LogP contribution in [0.25, 0.3) is 0 Å². The van der Waals surface area contributed by atoms with Gasteiger partial charge in [-0.05, 0) is 37.1 Å². The smallest absolute Gasteiger partial charge is 0.326 e. The Balaban J connectivity index is 2.11. The third-order valence-electron chi connectivity index (χ3n) is 3.00. The highest BCUT2D eigenvalue weighted by atomic mass is 35.5. The van der Waals surface area contributed by atoms with Gasteiger partial charge in [0, 0.05) is 23.6 Å². The van der Waals surface area contributed by atoms with Crippen LogP contribution >= 0.6 is 11.6 Å². The fraction of sp³-hybridized carbons (Fsp3) is 0.467. The van der Waals surface area contributed by atoms with Crippen LogP contribution < -0.4 is 5.32 Å². The van der Waals surface area contributed by atoms with Crippen molar-refractivity contribution in [2.75, 3.05) is 5.32 Å². The fourth-order valence-electron chi connectivity index (χ4n) is 1.82. The van der Waals surface area contributed by atoms with Crippen molar-refractivity contribution in [3.63, 3.8) is 0 Å². The highest BCUT2D eigenvalue weighted by Gasteiger charge is 2.36. The summed E-state index contributed by atoms with van der Waals surface area (Å²) in [6.45, 7) is 0. The van der Waals surface area contributed by atoms with E-state index in [9.17, 15) is 22.8 Å². The molecule has 0 saturated heterocycles. The van der Waals surface area contributed by atoms with Crippen molar-refractivity contribution >= 4 is 29.0 Å². The second kappa shape index (κ2) is 8.78. The first kappa shape index (κ1) is 18.5. The van der Waals surface area contributed by atoms with Crippen molar-refractivity contribution in [1.82, 2.24) is 0 Å². The molecule has 0 aliphatic carbocycles. The van der Waals surface area contributed by atoms with E-state index in [1.54, 1.807) is 24.3 Å². The van der Waals surface area contributed by atoms with Crippen molar-refractivity contribution in [2.45, 2.75) is 44.7 Å². The Bertz CT molecular complexity index is 501. The van der Waals surface area contributed by atoms with Gasteiger partial charge in [-0.25, -0.2) is 0 Å². The molecule has 0 saturated carbocycles. The molecule has 0 heterocycles. The van der Waals surface area contributed by atoms with Crippen LogP contribution in [0.4, 0.5) is 18.9 Å². The molecule has 7 heteroatoms. The van der Waals surface area contributed by atoms with Crippen LogP contribution in [0, 0.1) is 0 Å². The Kier molecular flexibility index (Phi) is 7.38. The van der Waals surface area contributed by atoms with E-state index in [0.717, 1.165) is 0 Å².